The molecule has 2 N–H and O–H groups in total. The summed E-state index contributed by atoms with van der Waals surface area (Å²) < 4.78 is 52.9. The number of aromatic amines is 1. The van der Waals surface area contributed by atoms with Crippen LogP contribution in [0.2, 0.25) is 0 Å². The molecule has 4 saturated heterocycles. The number of fused-ring (bicyclic) bond motifs is 2. The van der Waals surface area contributed by atoms with Gasteiger partial charge in [-0.3, -0.25) is 9.89 Å². The maximum Gasteiger partial charge on any atom is 0.422 e. The molecule has 6 heterocycles. The highest BCUT2D eigenvalue weighted by molar-refractivity contribution is 5.95. The maximum atomic E-state index is 13.8. The molecule has 4 aliphatic rings. The number of ether oxygens (including phenoxy) is 2. The number of likely N-dealkylation sites (tertiary alicyclic amines) is 1. The van der Waals surface area contributed by atoms with Gasteiger partial charge in [0.05, 0.1) is 42.4 Å². The summed E-state index contributed by atoms with van der Waals surface area (Å²) in [5, 5.41) is 12.7. The molecule has 3 atom stereocenters. The van der Waals surface area contributed by atoms with Gasteiger partial charge in [0.25, 0.3) is 0 Å². The normalized spacial score (nSPS) is 24.0. The van der Waals surface area contributed by atoms with E-state index in [1.54, 1.807) is 6.20 Å². The number of aromatic nitrogens is 4. The van der Waals surface area contributed by atoms with Crippen LogP contribution in [0.15, 0.2) is 43.0 Å². The number of carbonyl (C=O) groups excluding carboxylic acids is 1. The van der Waals surface area contributed by atoms with Gasteiger partial charge in [0.1, 0.15) is 23.9 Å². The van der Waals surface area contributed by atoms with Crippen LogP contribution in [-0.4, -0.2) is 89.6 Å². The van der Waals surface area contributed by atoms with Crippen LogP contribution >= 0.6 is 0 Å². The minimum absolute atomic E-state index is 0.0566. The van der Waals surface area contributed by atoms with Crippen LogP contribution in [0.4, 0.5) is 18.9 Å². The van der Waals surface area contributed by atoms with Gasteiger partial charge in [-0.05, 0) is 86.9 Å². The van der Waals surface area contributed by atoms with Gasteiger partial charge in [0, 0.05) is 47.4 Å². The molecule has 0 bridgehead atoms. The lowest BCUT2D eigenvalue weighted by Crippen LogP contribution is -2.60. The first kappa shape index (κ1) is 33.9. The zero-order valence-electron chi connectivity index (χ0n) is 29.0. The van der Waals surface area contributed by atoms with Crippen molar-refractivity contribution >= 4 is 33.8 Å². The van der Waals surface area contributed by atoms with Gasteiger partial charge in [0.2, 0.25) is 0 Å². The number of hydrogen-bond donors (Lipinski definition) is 2. The van der Waals surface area contributed by atoms with E-state index in [1.807, 2.05) is 18.3 Å². The van der Waals surface area contributed by atoms with E-state index in [0.29, 0.717) is 30.0 Å². The Labute approximate surface area is 294 Å². The van der Waals surface area contributed by atoms with Gasteiger partial charge < -0.3 is 24.6 Å². The second-order valence-corrected chi connectivity index (χ2v) is 14.7. The van der Waals surface area contributed by atoms with E-state index in [1.165, 1.54) is 29.2 Å². The summed E-state index contributed by atoms with van der Waals surface area (Å²) in [6.07, 6.45) is 7.08. The molecular weight excluding hydrogens is 659 g/mol. The molecule has 0 radical (unpaired) electrons. The van der Waals surface area contributed by atoms with Crippen molar-refractivity contribution in [3.8, 4) is 5.75 Å². The molecule has 13 heteroatoms. The van der Waals surface area contributed by atoms with Gasteiger partial charge in [-0.25, -0.2) is 9.97 Å². The van der Waals surface area contributed by atoms with Crippen molar-refractivity contribution in [1.29, 1.82) is 0 Å². The summed E-state index contributed by atoms with van der Waals surface area (Å²) in [7, 11) is 0. The highest BCUT2D eigenvalue weighted by atomic mass is 19.4. The smallest absolute Gasteiger partial charge is 0.422 e. The molecule has 2 aromatic carbocycles. The summed E-state index contributed by atoms with van der Waals surface area (Å²) in [5.41, 5.74) is 6.51. The maximum absolute atomic E-state index is 13.8. The predicted octanol–water partition coefficient (Wildman–Crippen LogP) is 6.16. The number of halogens is 3. The summed E-state index contributed by atoms with van der Waals surface area (Å²) in [4.78, 5) is 25.3. The van der Waals surface area contributed by atoms with Gasteiger partial charge >= 0.3 is 6.18 Å². The van der Waals surface area contributed by atoms with Crippen molar-refractivity contribution in [3.63, 3.8) is 0 Å². The number of nitrogens with zero attached hydrogens (tertiary/aromatic N) is 5. The molecule has 3 unspecified atom stereocenters. The van der Waals surface area contributed by atoms with Crippen LogP contribution in [0.1, 0.15) is 67.0 Å². The number of piperidine rings is 2. The molecule has 2 aromatic heterocycles. The van der Waals surface area contributed by atoms with E-state index in [-0.39, 0.29) is 29.2 Å². The predicted molar refractivity (Wildman–Crippen MR) is 188 cm³/mol. The number of allylic oxidation sites excluding steroid dienone is 1. The summed E-state index contributed by atoms with van der Waals surface area (Å²) in [6, 6.07) is 6.08. The number of nitrogens with one attached hydrogen (secondary N) is 2. The van der Waals surface area contributed by atoms with E-state index in [2.05, 4.69) is 50.2 Å². The van der Waals surface area contributed by atoms with Crippen molar-refractivity contribution in [2.45, 2.75) is 70.1 Å². The molecule has 10 nitrogen and oxygen atoms in total. The Kier molecular flexibility index (Phi) is 8.90. The molecule has 0 aliphatic carbocycles. The highest BCUT2D eigenvalue weighted by Gasteiger charge is 2.53. The number of rotatable bonds is 9. The molecule has 4 aromatic rings. The molecular formula is C38H44F3N7O3. The Morgan fingerprint density at radius 1 is 1.16 bits per heavy atom. The molecule has 8 rings (SSSR count). The minimum atomic E-state index is -4.52. The molecule has 0 amide bonds. The van der Waals surface area contributed by atoms with Crippen LogP contribution in [0.3, 0.4) is 0 Å². The fourth-order valence-electron chi connectivity index (χ4n) is 9.30. The number of hydrogen-bond acceptors (Lipinski definition) is 9. The lowest BCUT2D eigenvalue weighted by molar-refractivity contribution is -0.153. The number of H-pyrrole nitrogens is 1. The van der Waals surface area contributed by atoms with E-state index < -0.39 is 12.8 Å². The van der Waals surface area contributed by atoms with Crippen LogP contribution in [-0.2, 0) is 16.0 Å². The third kappa shape index (κ3) is 6.01. The molecule has 51 heavy (non-hydrogen) atoms. The Hall–Kier alpha value is -4.23. The Morgan fingerprint density at radius 3 is 2.71 bits per heavy atom. The average molecular weight is 704 g/mol. The topological polar surface area (TPSA) is 109 Å². The fourth-order valence-corrected chi connectivity index (χ4v) is 9.30. The van der Waals surface area contributed by atoms with E-state index in [0.717, 1.165) is 86.7 Å². The van der Waals surface area contributed by atoms with Crippen LogP contribution in [0.25, 0.3) is 21.8 Å². The number of benzene rings is 2. The summed E-state index contributed by atoms with van der Waals surface area (Å²) in [5.74, 6) is 0.419. The zero-order valence-corrected chi connectivity index (χ0v) is 29.0. The van der Waals surface area contributed by atoms with E-state index in [4.69, 9.17) is 14.5 Å². The van der Waals surface area contributed by atoms with Crippen molar-refractivity contribution in [1.82, 2.24) is 30.4 Å². The van der Waals surface area contributed by atoms with Gasteiger partial charge in [0.15, 0.2) is 6.61 Å². The number of anilines is 1. The van der Waals surface area contributed by atoms with Crippen LogP contribution in [0.5, 0.6) is 5.75 Å². The van der Waals surface area contributed by atoms with Gasteiger partial charge in [-0.2, -0.15) is 18.3 Å². The summed E-state index contributed by atoms with van der Waals surface area (Å²) in [6.45, 7) is 7.46. The number of carbonyl (C=O) groups is 1. The summed E-state index contributed by atoms with van der Waals surface area (Å²) >= 11 is 0. The van der Waals surface area contributed by atoms with E-state index in [9.17, 15) is 18.0 Å². The first-order chi connectivity index (χ1) is 24.7. The third-order valence-corrected chi connectivity index (χ3v) is 11.9. The first-order valence-corrected chi connectivity index (χ1v) is 18.1. The quantitative estimate of drug-likeness (QED) is 0.157. The second kappa shape index (κ2) is 13.4. The second-order valence-electron chi connectivity index (χ2n) is 14.7. The zero-order chi connectivity index (χ0) is 35.3. The third-order valence-electron chi connectivity index (χ3n) is 11.9. The van der Waals surface area contributed by atoms with Crippen molar-refractivity contribution in [2.75, 3.05) is 50.9 Å². The fraction of sp³-hybridized carbons (Fsp3) is 0.526. The molecule has 4 aliphatic heterocycles. The Morgan fingerprint density at radius 2 is 1.98 bits per heavy atom. The number of aryl methyl sites for hydroxylation is 1. The van der Waals surface area contributed by atoms with Gasteiger partial charge in [-0.1, -0.05) is 19.1 Å². The Bertz CT molecular complexity index is 1950. The number of alkyl halides is 3. The highest BCUT2D eigenvalue weighted by Crippen LogP contribution is 2.55. The first-order valence-electron chi connectivity index (χ1n) is 18.1. The molecule has 1 spiro atoms. The van der Waals surface area contributed by atoms with E-state index >= 15 is 0 Å². The van der Waals surface area contributed by atoms with Crippen LogP contribution in [0, 0.1) is 18.3 Å². The molecule has 4 fully saturated rings. The largest absolute Gasteiger partial charge is 0.482 e. The van der Waals surface area contributed by atoms with Crippen LogP contribution < -0.4 is 15.0 Å². The van der Waals surface area contributed by atoms with Crippen molar-refractivity contribution in [2.24, 2.45) is 11.3 Å². The molecule has 270 valence electrons. The lowest BCUT2D eigenvalue weighted by Gasteiger charge is -2.59. The Balaban J connectivity index is 1.20. The van der Waals surface area contributed by atoms with Crippen molar-refractivity contribution < 1.29 is 27.4 Å². The monoisotopic (exact) mass is 703 g/mol. The minimum Gasteiger partial charge on any atom is -0.482 e. The number of aldehydes is 1. The van der Waals surface area contributed by atoms with Gasteiger partial charge in [-0.15, -0.1) is 0 Å². The lowest BCUT2D eigenvalue weighted by atomic mass is 9.64. The van der Waals surface area contributed by atoms with Crippen molar-refractivity contribution in [3.05, 3.63) is 65.4 Å². The average Bonchev–Trinajstić information content (AvgIpc) is 3.56. The molecule has 0 saturated carbocycles. The SMILES string of the molecule is CCc1cc2[nH]ncc2c(N2CCC(c3ccc4c(C5N(C=CC=O)CC56CCNCC6)ncnc4c3OCC(F)(F)F)CC2C2COC2)c1C. The standard InChI is InChI=1S/C38H44F3N7O3/c1-3-24-15-30-29(17-45-46-30)34(23(24)2)48-13-7-25(16-31(48)26-18-50-19-26)27-5-6-28-32(35(27)51-21-38(39,40)41)43-22-44-33(28)36-37(8-10-42-11-9-37)20-47(36)12-4-14-49/h4-6,12,14-15,17,22,25-26,31,36,42H,3,7-11,13,16,18-21H2,1-2H3,(H,45,46).